The van der Waals surface area contributed by atoms with Crippen molar-refractivity contribution < 1.29 is 25.2 Å². The van der Waals surface area contributed by atoms with Crippen LogP contribution in [0.3, 0.4) is 0 Å². The van der Waals surface area contributed by atoms with Crippen LogP contribution in [-0.4, -0.2) is 81.3 Å². The average molecular weight is 352 g/mol. The molecule has 0 aromatic heterocycles. The maximum Gasteiger partial charge on any atom is 0.240 e. The molecule has 1 heterocycles. The summed E-state index contributed by atoms with van der Waals surface area (Å²) in [6.07, 6.45) is -2.75. The monoisotopic (exact) mass is 352 g/mol. The number of aliphatic hydroxyl groups is 4. The number of piperidine rings is 1. The Balaban J connectivity index is 2.13. The van der Waals surface area contributed by atoms with Gasteiger partial charge in [-0.3, -0.25) is 9.69 Å². The molecule has 1 aromatic rings. The molecular formula is C18H28N2O5. The van der Waals surface area contributed by atoms with E-state index in [-0.39, 0.29) is 0 Å². The summed E-state index contributed by atoms with van der Waals surface area (Å²) in [7, 11) is 0. The van der Waals surface area contributed by atoms with Crippen LogP contribution in [0.2, 0.25) is 0 Å². The van der Waals surface area contributed by atoms with E-state index in [0.717, 1.165) is 12.0 Å². The minimum atomic E-state index is -1.48. The van der Waals surface area contributed by atoms with Crippen LogP contribution in [-0.2, 0) is 11.2 Å². The van der Waals surface area contributed by atoms with Crippen LogP contribution in [0.5, 0.6) is 0 Å². The first kappa shape index (κ1) is 19.8. The van der Waals surface area contributed by atoms with Crippen LogP contribution in [0.15, 0.2) is 30.3 Å². The van der Waals surface area contributed by atoms with Gasteiger partial charge < -0.3 is 25.7 Å². The predicted molar refractivity (Wildman–Crippen MR) is 92.8 cm³/mol. The van der Waals surface area contributed by atoms with Gasteiger partial charge in [0.2, 0.25) is 5.91 Å². The van der Waals surface area contributed by atoms with Gasteiger partial charge >= 0.3 is 0 Å². The number of nitrogens with zero attached hydrogens (tertiary/aromatic N) is 1. The van der Waals surface area contributed by atoms with Crippen molar-refractivity contribution in [3.8, 4) is 0 Å². The number of carbonyl (C=O) groups is 1. The highest BCUT2D eigenvalue weighted by Crippen LogP contribution is 2.25. The maximum absolute atomic E-state index is 12.4. The number of aliphatic hydroxyl groups excluding tert-OH is 4. The van der Waals surface area contributed by atoms with E-state index in [0.29, 0.717) is 19.5 Å². The lowest BCUT2D eigenvalue weighted by atomic mass is 9.87. The second-order valence-corrected chi connectivity index (χ2v) is 6.39. The summed E-state index contributed by atoms with van der Waals surface area (Å²) < 4.78 is 0. The molecule has 5 atom stereocenters. The van der Waals surface area contributed by atoms with Gasteiger partial charge in [0.25, 0.3) is 0 Å². The number of likely N-dealkylation sites (N-methyl/N-ethyl adjacent to an activating group) is 1. The molecule has 5 unspecified atom stereocenters. The third kappa shape index (κ3) is 4.56. The zero-order valence-electron chi connectivity index (χ0n) is 14.5. The van der Waals surface area contributed by atoms with Crippen LogP contribution in [0, 0.1) is 0 Å². The van der Waals surface area contributed by atoms with Crippen LogP contribution in [0.4, 0.5) is 0 Å². The topological polar surface area (TPSA) is 113 Å². The molecule has 0 bridgehead atoms. The highest BCUT2D eigenvalue weighted by Gasteiger charge is 2.49. The predicted octanol–water partition coefficient (Wildman–Crippen LogP) is -1.12. The van der Waals surface area contributed by atoms with Crippen molar-refractivity contribution in [3.05, 3.63) is 35.9 Å². The summed E-state index contributed by atoms with van der Waals surface area (Å²) >= 11 is 0. The second kappa shape index (κ2) is 9.26. The van der Waals surface area contributed by atoms with Crippen molar-refractivity contribution in [2.24, 2.45) is 0 Å². The van der Waals surface area contributed by atoms with Gasteiger partial charge in [0, 0.05) is 6.54 Å². The fraction of sp³-hybridized carbons (Fsp3) is 0.611. The van der Waals surface area contributed by atoms with Gasteiger partial charge in [0.15, 0.2) is 0 Å². The Labute approximate surface area is 147 Å². The largest absolute Gasteiger partial charge is 0.395 e. The molecule has 0 saturated carbocycles. The van der Waals surface area contributed by atoms with Gasteiger partial charge in [0.1, 0.15) is 24.4 Å². The molecule has 1 fully saturated rings. The normalized spacial score (nSPS) is 30.2. The Morgan fingerprint density at radius 1 is 1.12 bits per heavy atom. The molecule has 2 rings (SSSR count). The molecular weight excluding hydrogens is 324 g/mol. The third-order valence-corrected chi connectivity index (χ3v) is 4.73. The van der Waals surface area contributed by atoms with Gasteiger partial charge in [0.05, 0.1) is 12.6 Å². The van der Waals surface area contributed by atoms with E-state index in [1.807, 2.05) is 30.3 Å². The number of aryl methyl sites for hydroxylation is 1. The summed E-state index contributed by atoms with van der Waals surface area (Å²) in [5.41, 5.74) is 1.15. The Hall–Kier alpha value is -1.51. The lowest BCUT2D eigenvalue weighted by molar-refractivity contribution is -0.178. The molecule has 0 spiro atoms. The minimum Gasteiger partial charge on any atom is -0.395 e. The van der Waals surface area contributed by atoms with E-state index in [1.165, 1.54) is 0 Å². The lowest BCUT2D eigenvalue weighted by Gasteiger charge is -2.47. The number of carbonyl (C=O) groups excluding carboxylic acids is 1. The summed E-state index contributed by atoms with van der Waals surface area (Å²) in [6, 6.07) is 8.05. The van der Waals surface area contributed by atoms with E-state index in [2.05, 4.69) is 5.32 Å². The third-order valence-electron chi connectivity index (χ3n) is 4.73. The number of benzene rings is 1. The van der Waals surface area contributed by atoms with Crippen LogP contribution in [0.25, 0.3) is 0 Å². The first-order chi connectivity index (χ1) is 12.0. The molecule has 1 amide bonds. The minimum absolute atomic E-state index is 0.391. The van der Waals surface area contributed by atoms with E-state index >= 15 is 0 Å². The highest BCUT2D eigenvalue weighted by atomic mass is 16.4. The SMILES string of the molecule is CCNC(=O)C1C(O)C(O)C(O)C(CO)N1CCCc1ccccc1. The number of amides is 1. The van der Waals surface area contributed by atoms with Gasteiger partial charge in [-0.2, -0.15) is 0 Å². The summed E-state index contributed by atoms with van der Waals surface area (Å²) in [6.45, 7) is 2.15. The van der Waals surface area contributed by atoms with E-state index in [4.69, 9.17) is 0 Å². The Morgan fingerprint density at radius 3 is 2.40 bits per heavy atom. The molecule has 0 aliphatic carbocycles. The maximum atomic E-state index is 12.4. The molecule has 7 heteroatoms. The van der Waals surface area contributed by atoms with Crippen molar-refractivity contribution in [1.29, 1.82) is 0 Å². The van der Waals surface area contributed by atoms with Crippen molar-refractivity contribution in [1.82, 2.24) is 10.2 Å². The molecule has 140 valence electrons. The average Bonchev–Trinajstić information content (AvgIpc) is 2.61. The molecule has 0 radical (unpaired) electrons. The van der Waals surface area contributed by atoms with Crippen molar-refractivity contribution in [2.45, 2.75) is 50.2 Å². The fourth-order valence-corrected chi connectivity index (χ4v) is 3.43. The van der Waals surface area contributed by atoms with Crippen LogP contribution < -0.4 is 5.32 Å². The highest BCUT2D eigenvalue weighted by molar-refractivity contribution is 5.82. The first-order valence-corrected chi connectivity index (χ1v) is 8.73. The summed E-state index contributed by atoms with van der Waals surface area (Å²) in [5, 5.41) is 42.8. The van der Waals surface area contributed by atoms with Crippen molar-refractivity contribution in [2.75, 3.05) is 19.7 Å². The number of likely N-dealkylation sites (tertiary alicyclic amines) is 1. The number of hydrogen-bond donors (Lipinski definition) is 5. The number of nitrogens with one attached hydrogen (secondary N) is 1. The summed E-state index contributed by atoms with van der Waals surface area (Å²) in [5.74, 6) is -0.417. The summed E-state index contributed by atoms with van der Waals surface area (Å²) in [4.78, 5) is 14.0. The van der Waals surface area contributed by atoms with Crippen molar-refractivity contribution in [3.63, 3.8) is 0 Å². The Morgan fingerprint density at radius 2 is 1.80 bits per heavy atom. The van der Waals surface area contributed by atoms with E-state index in [9.17, 15) is 25.2 Å². The second-order valence-electron chi connectivity index (χ2n) is 6.39. The molecule has 5 N–H and O–H groups in total. The smallest absolute Gasteiger partial charge is 0.240 e. The first-order valence-electron chi connectivity index (χ1n) is 8.73. The Kier molecular flexibility index (Phi) is 7.34. The zero-order chi connectivity index (χ0) is 18.4. The van der Waals surface area contributed by atoms with E-state index in [1.54, 1.807) is 11.8 Å². The molecule has 1 aliphatic heterocycles. The van der Waals surface area contributed by atoms with Crippen molar-refractivity contribution >= 4 is 5.91 Å². The van der Waals surface area contributed by atoms with Crippen LogP contribution in [0.1, 0.15) is 18.9 Å². The zero-order valence-corrected chi connectivity index (χ0v) is 14.5. The fourth-order valence-electron chi connectivity index (χ4n) is 3.43. The quantitative estimate of drug-likeness (QED) is 0.425. The molecule has 7 nitrogen and oxygen atoms in total. The van der Waals surface area contributed by atoms with Gasteiger partial charge in [-0.05, 0) is 31.9 Å². The molecule has 1 aliphatic rings. The van der Waals surface area contributed by atoms with E-state index < -0.39 is 42.9 Å². The number of rotatable bonds is 7. The lowest BCUT2D eigenvalue weighted by Crippen LogP contribution is -2.70. The Bertz CT molecular complexity index is 542. The molecule has 25 heavy (non-hydrogen) atoms. The van der Waals surface area contributed by atoms with Gasteiger partial charge in [-0.15, -0.1) is 0 Å². The van der Waals surface area contributed by atoms with Gasteiger partial charge in [-0.25, -0.2) is 0 Å². The standard InChI is InChI=1S/C18H28N2O5/c1-2-19-18(25)14-16(23)17(24)15(22)13(11-21)20(14)10-6-9-12-7-4-3-5-8-12/h3-5,7-8,13-17,21-24H,2,6,9-11H2,1H3,(H,19,25). The number of hydrogen-bond acceptors (Lipinski definition) is 6. The van der Waals surface area contributed by atoms with Gasteiger partial charge in [-0.1, -0.05) is 30.3 Å². The molecule has 1 saturated heterocycles. The van der Waals surface area contributed by atoms with Crippen LogP contribution >= 0.6 is 0 Å². The molecule has 1 aromatic carbocycles.